The quantitative estimate of drug-likeness (QED) is 0.542. The molecule has 1 aromatic carbocycles. The maximum Gasteiger partial charge on any atom is 0.311 e. The Bertz CT molecular complexity index is 1030. The fraction of sp³-hybridized carbons (Fsp3) is 0.273. The summed E-state index contributed by atoms with van der Waals surface area (Å²) in [6, 6.07) is 18.2. The summed E-state index contributed by atoms with van der Waals surface area (Å²) >= 11 is 1.18. The predicted molar refractivity (Wildman–Crippen MR) is 114 cm³/mol. The van der Waals surface area contributed by atoms with Gasteiger partial charge < -0.3 is 4.74 Å². The average Bonchev–Trinajstić information content (AvgIpc) is 3.34. The van der Waals surface area contributed by atoms with Gasteiger partial charge in [0, 0.05) is 19.3 Å². The summed E-state index contributed by atoms with van der Waals surface area (Å²) in [5, 5.41) is 1.74. The number of thiophene rings is 1. The van der Waals surface area contributed by atoms with Crippen LogP contribution in [-0.2, 0) is 19.6 Å². The highest BCUT2D eigenvalue weighted by molar-refractivity contribution is 7.91. The van der Waals surface area contributed by atoms with E-state index >= 15 is 0 Å². The second kappa shape index (κ2) is 9.07. The van der Waals surface area contributed by atoms with Crippen molar-refractivity contribution < 1.29 is 17.9 Å². The molecule has 0 saturated carbocycles. The number of esters is 1. The zero-order valence-corrected chi connectivity index (χ0v) is 17.9. The highest BCUT2D eigenvalue weighted by Crippen LogP contribution is 2.30. The lowest BCUT2D eigenvalue weighted by Gasteiger charge is -2.31. The molecule has 0 bridgehead atoms. The van der Waals surface area contributed by atoms with Gasteiger partial charge in [-0.2, -0.15) is 4.31 Å². The second-order valence-corrected chi connectivity index (χ2v) is 10.2. The Morgan fingerprint density at radius 2 is 1.90 bits per heavy atom. The summed E-state index contributed by atoms with van der Waals surface area (Å²) in [6.45, 7) is 0.537. The molecule has 1 saturated heterocycles. The molecule has 2 aromatic heterocycles. The van der Waals surface area contributed by atoms with E-state index in [2.05, 4.69) is 4.98 Å². The SMILES string of the molecule is O=C(OC(c1ccccc1)c1ccccn1)C1CCCN(S(=O)(=O)c2cccs2)C1. The van der Waals surface area contributed by atoms with Crippen molar-refractivity contribution >= 4 is 27.3 Å². The number of hydrogen-bond acceptors (Lipinski definition) is 6. The number of rotatable bonds is 6. The summed E-state index contributed by atoms with van der Waals surface area (Å²) < 4.78 is 33.3. The summed E-state index contributed by atoms with van der Waals surface area (Å²) in [5.41, 5.74) is 1.46. The molecule has 0 radical (unpaired) electrons. The lowest BCUT2D eigenvalue weighted by Crippen LogP contribution is -2.42. The number of hydrogen-bond donors (Lipinski definition) is 0. The number of nitrogens with zero attached hydrogens (tertiary/aromatic N) is 2. The van der Waals surface area contributed by atoms with E-state index in [4.69, 9.17) is 4.74 Å². The van der Waals surface area contributed by atoms with Gasteiger partial charge in [-0.25, -0.2) is 8.42 Å². The normalized spacial score (nSPS) is 18.6. The third-order valence-electron chi connectivity index (χ3n) is 5.10. The van der Waals surface area contributed by atoms with Gasteiger partial charge in [0.15, 0.2) is 6.10 Å². The van der Waals surface area contributed by atoms with Crippen molar-refractivity contribution in [3.05, 3.63) is 83.5 Å². The molecule has 156 valence electrons. The van der Waals surface area contributed by atoms with Crippen molar-refractivity contribution in [2.75, 3.05) is 13.1 Å². The van der Waals surface area contributed by atoms with Crippen LogP contribution < -0.4 is 0 Å². The topological polar surface area (TPSA) is 76.6 Å². The van der Waals surface area contributed by atoms with Crippen LogP contribution in [0.2, 0.25) is 0 Å². The van der Waals surface area contributed by atoms with Gasteiger partial charge in [-0.1, -0.05) is 42.5 Å². The summed E-state index contributed by atoms with van der Waals surface area (Å²) in [7, 11) is -3.59. The molecular formula is C22H22N2O4S2. The van der Waals surface area contributed by atoms with Crippen molar-refractivity contribution in [2.24, 2.45) is 5.92 Å². The third kappa shape index (κ3) is 4.45. The number of ether oxygens (including phenoxy) is 1. The van der Waals surface area contributed by atoms with Crippen LogP contribution in [0.1, 0.15) is 30.2 Å². The molecule has 2 unspecified atom stereocenters. The first-order valence-electron chi connectivity index (χ1n) is 9.76. The Balaban J connectivity index is 1.53. The molecule has 4 rings (SSSR count). The van der Waals surface area contributed by atoms with Crippen molar-refractivity contribution in [1.82, 2.24) is 9.29 Å². The molecule has 8 heteroatoms. The monoisotopic (exact) mass is 442 g/mol. The van der Waals surface area contributed by atoms with Gasteiger partial charge in [-0.15, -0.1) is 11.3 Å². The number of aromatic nitrogens is 1. The van der Waals surface area contributed by atoms with Crippen LogP contribution in [-0.4, -0.2) is 36.8 Å². The van der Waals surface area contributed by atoms with Crippen LogP contribution in [0.15, 0.2) is 76.4 Å². The maximum absolute atomic E-state index is 13.0. The first kappa shape index (κ1) is 20.7. The van der Waals surface area contributed by atoms with Crippen LogP contribution >= 0.6 is 11.3 Å². The predicted octanol–water partition coefficient (Wildman–Crippen LogP) is 3.88. The van der Waals surface area contributed by atoms with E-state index in [1.807, 2.05) is 48.5 Å². The first-order chi connectivity index (χ1) is 14.6. The molecule has 1 fully saturated rings. The van der Waals surface area contributed by atoms with E-state index in [9.17, 15) is 13.2 Å². The minimum absolute atomic E-state index is 0.128. The summed E-state index contributed by atoms with van der Waals surface area (Å²) in [6.07, 6.45) is 2.24. The number of pyridine rings is 1. The average molecular weight is 443 g/mol. The summed E-state index contributed by atoms with van der Waals surface area (Å²) in [4.78, 5) is 17.4. The van der Waals surface area contributed by atoms with Gasteiger partial charge in [0.05, 0.1) is 11.6 Å². The van der Waals surface area contributed by atoms with Crippen molar-refractivity contribution in [3.8, 4) is 0 Å². The number of carbonyl (C=O) groups excluding carboxylic acids is 1. The molecule has 0 amide bonds. The minimum atomic E-state index is -3.59. The Kier molecular flexibility index (Phi) is 6.26. The van der Waals surface area contributed by atoms with Crippen LogP contribution in [0.5, 0.6) is 0 Å². The van der Waals surface area contributed by atoms with Crippen LogP contribution in [0.25, 0.3) is 0 Å². The van der Waals surface area contributed by atoms with Gasteiger partial charge in [0.25, 0.3) is 10.0 Å². The molecule has 3 heterocycles. The van der Waals surface area contributed by atoms with E-state index in [-0.39, 0.29) is 6.54 Å². The number of benzene rings is 1. The van der Waals surface area contributed by atoms with E-state index < -0.39 is 28.0 Å². The van der Waals surface area contributed by atoms with Crippen LogP contribution in [0.3, 0.4) is 0 Å². The van der Waals surface area contributed by atoms with E-state index in [0.29, 0.717) is 29.3 Å². The molecule has 30 heavy (non-hydrogen) atoms. The minimum Gasteiger partial charge on any atom is -0.451 e. The Labute approximate surface area is 180 Å². The first-order valence-corrected chi connectivity index (χ1v) is 12.1. The molecule has 3 aromatic rings. The number of piperidine rings is 1. The molecule has 0 spiro atoms. The zero-order valence-electron chi connectivity index (χ0n) is 16.3. The van der Waals surface area contributed by atoms with Gasteiger partial charge in [0.2, 0.25) is 0 Å². The van der Waals surface area contributed by atoms with Gasteiger partial charge in [-0.3, -0.25) is 9.78 Å². The lowest BCUT2D eigenvalue weighted by molar-refractivity contribution is -0.154. The van der Waals surface area contributed by atoms with E-state index in [1.54, 1.807) is 23.7 Å². The van der Waals surface area contributed by atoms with Crippen LogP contribution in [0.4, 0.5) is 0 Å². The van der Waals surface area contributed by atoms with Gasteiger partial charge in [0.1, 0.15) is 4.21 Å². The molecule has 6 nitrogen and oxygen atoms in total. The Hall–Kier alpha value is -2.55. The Morgan fingerprint density at radius 3 is 2.60 bits per heavy atom. The van der Waals surface area contributed by atoms with E-state index in [0.717, 1.165) is 5.56 Å². The highest BCUT2D eigenvalue weighted by Gasteiger charge is 2.35. The lowest BCUT2D eigenvalue weighted by atomic mass is 9.99. The van der Waals surface area contributed by atoms with Crippen LogP contribution in [0, 0.1) is 5.92 Å². The fourth-order valence-electron chi connectivity index (χ4n) is 3.56. The van der Waals surface area contributed by atoms with Crippen molar-refractivity contribution in [2.45, 2.75) is 23.2 Å². The third-order valence-corrected chi connectivity index (χ3v) is 8.34. The number of carbonyl (C=O) groups is 1. The Morgan fingerprint density at radius 1 is 1.10 bits per heavy atom. The van der Waals surface area contributed by atoms with Crippen molar-refractivity contribution in [1.29, 1.82) is 0 Å². The molecule has 2 atom stereocenters. The van der Waals surface area contributed by atoms with E-state index in [1.165, 1.54) is 15.6 Å². The largest absolute Gasteiger partial charge is 0.451 e. The molecular weight excluding hydrogens is 420 g/mol. The fourth-order valence-corrected chi connectivity index (χ4v) is 6.23. The standard InChI is InChI=1S/C22H22N2O4S2/c25-22(18-10-6-14-24(16-18)30(26,27)20-12-7-15-29-20)28-21(17-8-2-1-3-9-17)19-11-4-5-13-23-19/h1-5,7-9,11-13,15,18,21H,6,10,14,16H2. The highest BCUT2D eigenvalue weighted by atomic mass is 32.2. The zero-order chi connectivity index (χ0) is 21.0. The molecule has 1 aliphatic heterocycles. The summed E-state index contributed by atoms with van der Waals surface area (Å²) in [5.74, 6) is -0.913. The molecule has 0 N–H and O–H groups in total. The smallest absolute Gasteiger partial charge is 0.311 e. The van der Waals surface area contributed by atoms with Crippen molar-refractivity contribution in [3.63, 3.8) is 0 Å². The molecule has 1 aliphatic rings. The second-order valence-electron chi connectivity index (χ2n) is 7.12. The van der Waals surface area contributed by atoms with Gasteiger partial charge >= 0.3 is 5.97 Å². The maximum atomic E-state index is 13.0. The molecule has 0 aliphatic carbocycles. The van der Waals surface area contributed by atoms with Gasteiger partial charge in [-0.05, 0) is 42.0 Å². The number of sulfonamides is 1.